The molecule has 60 valence electrons. The Balaban J connectivity index is 2.30. The fourth-order valence-corrected chi connectivity index (χ4v) is 1.64. The topological polar surface area (TPSA) is 15.8 Å². The molecule has 0 aliphatic heterocycles. The monoisotopic (exact) mass is 149 g/mol. The molecule has 1 saturated carbocycles. The van der Waals surface area contributed by atoms with Gasteiger partial charge in [0.15, 0.2) is 0 Å². The van der Waals surface area contributed by atoms with Crippen LogP contribution in [0.4, 0.5) is 0 Å². The summed E-state index contributed by atoms with van der Waals surface area (Å²) in [6, 6.07) is 2.24. The van der Waals surface area contributed by atoms with Crippen LogP contribution in [0.5, 0.6) is 0 Å². The van der Waals surface area contributed by atoms with Crippen molar-refractivity contribution in [2.24, 2.45) is 0 Å². The molecule has 0 saturated heterocycles. The molecule has 1 fully saturated rings. The molecule has 1 nitrogen and oxygen atoms in total. The van der Waals surface area contributed by atoms with Crippen molar-refractivity contribution >= 4 is 0 Å². The molecule has 0 bridgehead atoms. The van der Waals surface area contributed by atoms with Crippen LogP contribution >= 0.6 is 0 Å². The summed E-state index contributed by atoms with van der Waals surface area (Å²) in [5.41, 5.74) is 3.02. The summed E-state index contributed by atoms with van der Waals surface area (Å²) in [5, 5.41) is 0. The van der Waals surface area contributed by atoms with E-state index in [4.69, 9.17) is 0 Å². The van der Waals surface area contributed by atoms with E-state index in [0.29, 0.717) is 5.92 Å². The van der Waals surface area contributed by atoms with Crippen LogP contribution in [0.25, 0.3) is 0 Å². The van der Waals surface area contributed by atoms with Crippen LogP contribution in [-0.4, -0.2) is 4.98 Å². The number of rotatable bonds is 2. The highest BCUT2D eigenvalue weighted by Crippen LogP contribution is 2.42. The van der Waals surface area contributed by atoms with Crippen LogP contribution in [0.3, 0.4) is 0 Å². The smallest absolute Gasteiger partial charge is 0.0208 e. The SMILES string of the molecule is CC(C)c1[nH]ccc1C1CC1. The molecule has 0 radical (unpaired) electrons. The first-order chi connectivity index (χ1) is 5.29. The molecule has 0 atom stereocenters. The van der Waals surface area contributed by atoms with Crippen LogP contribution in [-0.2, 0) is 0 Å². The van der Waals surface area contributed by atoms with Crippen LogP contribution in [0, 0.1) is 0 Å². The summed E-state index contributed by atoms with van der Waals surface area (Å²) in [7, 11) is 0. The van der Waals surface area contributed by atoms with Gasteiger partial charge < -0.3 is 4.98 Å². The predicted molar refractivity (Wildman–Crippen MR) is 46.9 cm³/mol. The molecule has 1 heteroatoms. The van der Waals surface area contributed by atoms with Gasteiger partial charge in [-0.05, 0) is 36.3 Å². The zero-order valence-corrected chi connectivity index (χ0v) is 7.22. The van der Waals surface area contributed by atoms with Crippen molar-refractivity contribution in [2.45, 2.75) is 38.5 Å². The Morgan fingerprint density at radius 1 is 1.45 bits per heavy atom. The molecular formula is C10H15N. The van der Waals surface area contributed by atoms with Crippen molar-refractivity contribution in [3.8, 4) is 0 Å². The molecule has 1 aromatic rings. The van der Waals surface area contributed by atoms with Gasteiger partial charge in [0, 0.05) is 11.9 Å². The number of aromatic amines is 1. The van der Waals surface area contributed by atoms with Crippen LogP contribution < -0.4 is 0 Å². The average Bonchev–Trinajstić information content (AvgIpc) is 2.68. The largest absolute Gasteiger partial charge is 0.365 e. The first kappa shape index (κ1) is 6.96. The maximum atomic E-state index is 3.33. The third kappa shape index (κ3) is 1.20. The highest BCUT2D eigenvalue weighted by atomic mass is 14.7. The molecule has 1 aliphatic rings. The van der Waals surface area contributed by atoms with Gasteiger partial charge in [-0.2, -0.15) is 0 Å². The molecule has 2 rings (SSSR count). The molecule has 1 heterocycles. The quantitative estimate of drug-likeness (QED) is 0.665. The summed E-state index contributed by atoms with van der Waals surface area (Å²) in [5.74, 6) is 1.54. The zero-order chi connectivity index (χ0) is 7.84. The van der Waals surface area contributed by atoms with Gasteiger partial charge in [0.2, 0.25) is 0 Å². The first-order valence-electron chi connectivity index (χ1n) is 4.46. The van der Waals surface area contributed by atoms with Gasteiger partial charge in [0.05, 0.1) is 0 Å². The first-order valence-corrected chi connectivity index (χ1v) is 4.46. The molecule has 1 N–H and O–H groups in total. The maximum absolute atomic E-state index is 3.33. The second-order valence-electron chi connectivity index (χ2n) is 3.78. The summed E-state index contributed by atoms with van der Waals surface area (Å²) in [6.07, 6.45) is 4.87. The van der Waals surface area contributed by atoms with E-state index in [1.807, 2.05) is 0 Å². The summed E-state index contributed by atoms with van der Waals surface area (Å²) >= 11 is 0. The van der Waals surface area contributed by atoms with Crippen molar-refractivity contribution in [1.82, 2.24) is 4.98 Å². The van der Waals surface area contributed by atoms with Crippen LogP contribution in [0.2, 0.25) is 0 Å². The van der Waals surface area contributed by atoms with Crippen molar-refractivity contribution in [3.05, 3.63) is 23.5 Å². The van der Waals surface area contributed by atoms with Gasteiger partial charge in [-0.15, -0.1) is 0 Å². The summed E-state index contributed by atoms with van der Waals surface area (Å²) in [6.45, 7) is 4.50. The Morgan fingerprint density at radius 3 is 2.73 bits per heavy atom. The Kier molecular flexibility index (Phi) is 1.52. The highest BCUT2D eigenvalue weighted by Gasteiger charge is 2.26. The zero-order valence-electron chi connectivity index (χ0n) is 7.22. The predicted octanol–water partition coefficient (Wildman–Crippen LogP) is 3.02. The van der Waals surface area contributed by atoms with Gasteiger partial charge in [-0.25, -0.2) is 0 Å². The third-order valence-electron chi connectivity index (χ3n) is 2.41. The number of nitrogens with one attached hydrogen (secondary N) is 1. The molecule has 1 aromatic heterocycles. The van der Waals surface area contributed by atoms with Gasteiger partial charge in [0.25, 0.3) is 0 Å². The van der Waals surface area contributed by atoms with E-state index in [2.05, 4.69) is 31.1 Å². The van der Waals surface area contributed by atoms with Gasteiger partial charge in [-0.1, -0.05) is 13.8 Å². The van der Waals surface area contributed by atoms with Crippen molar-refractivity contribution in [3.63, 3.8) is 0 Å². The maximum Gasteiger partial charge on any atom is 0.0208 e. The van der Waals surface area contributed by atoms with Crippen LogP contribution in [0.1, 0.15) is 49.8 Å². The van der Waals surface area contributed by atoms with Gasteiger partial charge >= 0.3 is 0 Å². The van der Waals surface area contributed by atoms with E-state index in [9.17, 15) is 0 Å². The molecule has 0 unspecified atom stereocenters. The van der Waals surface area contributed by atoms with E-state index in [-0.39, 0.29) is 0 Å². The Labute approximate surface area is 67.8 Å². The number of H-pyrrole nitrogens is 1. The molecule has 1 aliphatic carbocycles. The lowest BCUT2D eigenvalue weighted by molar-refractivity contribution is 0.812. The van der Waals surface area contributed by atoms with Crippen LogP contribution in [0.15, 0.2) is 12.3 Å². The lowest BCUT2D eigenvalue weighted by Crippen LogP contribution is -1.91. The fraction of sp³-hybridized carbons (Fsp3) is 0.600. The number of hydrogen-bond acceptors (Lipinski definition) is 0. The number of aromatic nitrogens is 1. The standard InChI is InChI=1S/C10H15N/c1-7(2)10-9(5-6-11-10)8-3-4-8/h5-8,11H,3-4H2,1-2H3. The minimum Gasteiger partial charge on any atom is -0.365 e. The fourth-order valence-electron chi connectivity index (χ4n) is 1.64. The summed E-state index contributed by atoms with van der Waals surface area (Å²) < 4.78 is 0. The lowest BCUT2D eigenvalue weighted by Gasteiger charge is -2.05. The normalized spacial score (nSPS) is 17.7. The molecular weight excluding hydrogens is 134 g/mol. The second-order valence-corrected chi connectivity index (χ2v) is 3.78. The van der Waals surface area contributed by atoms with Crippen molar-refractivity contribution < 1.29 is 0 Å². The van der Waals surface area contributed by atoms with Gasteiger partial charge in [0.1, 0.15) is 0 Å². The second kappa shape index (κ2) is 2.40. The Morgan fingerprint density at radius 2 is 2.18 bits per heavy atom. The number of hydrogen-bond donors (Lipinski definition) is 1. The molecule has 0 amide bonds. The average molecular weight is 149 g/mol. The summed E-state index contributed by atoms with van der Waals surface area (Å²) in [4.78, 5) is 3.33. The van der Waals surface area contributed by atoms with E-state index >= 15 is 0 Å². The molecule has 11 heavy (non-hydrogen) atoms. The minimum atomic E-state index is 0.653. The van der Waals surface area contributed by atoms with E-state index < -0.39 is 0 Å². The molecule has 0 spiro atoms. The molecule has 0 aromatic carbocycles. The van der Waals surface area contributed by atoms with Gasteiger partial charge in [-0.3, -0.25) is 0 Å². The Hall–Kier alpha value is -0.720. The minimum absolute atomic E-state index is 0.653. The lowest BCUT2D eigenvalue weighted by atomic mass is 10.0. The van der Waals surface area contributed by atoms with E-state index in [1.54, 1.807) is 5.56 Å². The Bertz CT molecular complexity index is 227. The highest BCUT2D eigenvalue weighted by molar-refractivity contribution is 5.30. The van der Waals surface area contributed by atoms with Crippen molar-refractivity contribution in [1.29, 1.82) is 0 Å². The third-order valence-corrected chi connectivity index (χ3v) is 2.41. The van der Waals surface area contributed by atoms with E-state index in [1.165, 1.54) is 18.5 Å². The van der Waals surface area contributed by atoms with E-state index in [0.717, 1.165) is 5.92 Å². The van der Waals surface area contributed by atoms with Crippen molar-refractivity contribution in [2.75, 3.05) is 0 Å².